The molecular weight excluding hydrogens is 503 g/mol. The van der Waals surface area contributed by atoms with E-state index < -0.39 is 0 Å². The summed E-state index contributed by atoms with van der Waals surface area (Å²) in [6.45, 7) is 3.61. The molecule has 1 atom stereocenters. The lowest BCUT2D eigenvalue weighted by atomic mass is 9.98. The Labute approximate surface area is 226 Å². The molecule has 2 aliphatic rings. The third-order valence-electron chi connectivity index (χ3n) is 6.98. The number of rotatable bonds is 9. The number of carbonyl (C=O) groups is 2. The van der Waals surface area contributed by atoms with Gasteiger partial charge in [-0.3, -0.25) is 14.5 Å². The Bertz CT molecular complexity index is 1290. The molecule has 204 valence electrons. The van der Waals surface area contributed by atoms with E-state index in [-0.39, 0.29) is 36.0 Å². The minimum absolute atomic E-state index is 0.170. The third-order valence-corrected chi connectivity index (χ3v) is 6.98. The number of morpholine rings is 1. The molecule has 1 saturated heterocycles. The molecule has 1 fully saturated rings. The molecule has 2 amide bonds. The van der Waals surface area contributed by atoms with Gasteiger partial charge in [-0.25, -0.2) is 9.40 Å². The molecular formula is C29H31FN4O5. The highest BCUT2D eigenvalue weighted by atomic mass is 19.1. The van der Waals surface area contributed by atoms with Gasteiger partial charge in [0.2, 0.25) is 0 Å². The zero-order chi connectivity index (χ0) is 27.2. The summed E-state index contributed by atoms with van der Waals surface area (Å²) in [7, 11) is 1.59. The maximum absolute atomic E-state index is 13.8. The van der Waals surface area contributed by atoms with Crippen LogP contribution in [0.4, 0.5) is 4.39 Å². The maximum atomic E-state index is 13.8. The Hall–Kier alpha value is -4.02. The summed E-state index contributed by atoms with van der Waals surface area (Å²) in [4.78, 5) is 30.8. The van der Waals surface area contributed by atoms with E-state index in [2.05, 4.69) is 10.0 Å². The van der Waals surface area contributed by atoms with Crippen molar-refractivity contribution in [2.45, 2.75) is 12.5 Å². The second kappa shape index (κ2) is 12.2. The van der Waals surface area contributed by atoms with Gasteiger partial charge in [-0.05, 0) is 47.5 Å². The number of hydrazone groups is 1. The van der Waals surface area contributed by atoms with Crippen molar-refractivity contribution in [1.29, 1.82) is 0 Å². The highest BCUT2D eigenvalue weighted by Gasteiger charge is 2.35. The topological polar surface area (TPSA) is 87.8 Å². The van der Waals surface area contributed by atoms with Crippen molar-refractivity contribution < 1.29 is 27.9 Å². The number of halogens is 1. The molecule has 1 aromatic heterocycles. The Balaban J connectivity index is 1.39. The molecule has 0 saturated carbocycles. The van der Waals surface area contributed by atoms with E-state index in [0.717, 1.165) is 24.2 Å². The van der Waals surface area contributed by atoms with Gasteiger partial charge in [0, 0.05) is 32.6 Å². The first-order chi connectivity index (χ1) is 19.0. The lowest BCUT2D eigenvalue weighted by Gasteiger charge is -2.30. The van der Waals surface area contributed by atoms with Gasteiger partial charge < -0.3 is 18.8 Å². The molecule has 0 N–H and O–H groups in total. The van der Waals surface area contributed by atoms with Crippen molar-refractivity contribution in [3.8, 4) is 5.75 Å². The van der Waals surface area contributed by atoms with E-state index >= 15 is 0 Å². The molecule has 39 heavy (non-hydrogen) atoms. The van der Waals surface area contributed by atoms with Crippen molar-refractivity contribution in [3.05, 3.63) is 89.6 Å². The van der Waals surface area contributed by atoms with Crippen LogP contribution in [0.25, 0.3) is 0 Å². The summed E-state index contributed by atoms with van der Waals surface area (Å²) >= 11 is 0. The summed E-state index contributed by atoms with van der Waals surface area (Å²) in [5, 5.41) is 6.11. The first kappa shape index (κ1) is 26.6. The van der Waals surface area contributed by atoms with Crippen molar-refractivity contribution in [2.24, 2.45) is 5.10 Å². The van der Waals surface area contributed by atoms with Crippen LogP contribution in [0.2, 0.25) is 0 Å². The van der Waals surface area contributed by atoms with Gasteiger partial charge in [-0.15, -0.1) is 0 Å². The monoisotopic (exact) mass is 534 g/mol. The highest BCUT2D eigenvalue weighted by Crippen LogP contribution is 2.34. The molecule has 2 aromatic carbocycles. The summed E-state index contributed by atoms with van der Waals surface area (Å²) in [6.07, 6.45) is 1.89. The van der Waals surface area contributed by atoms with Crippen molar-refractivity contribution in [3.63, 3.8) is 0 Å². The number of furan rings is 1. The van der Waals surface area contributed by atoms with Crippen molar-refractivity contribution in [2.75, 3.05) is 53.0 Å². The molecule has 10 heteroatoms. The number of hydrogen-bond donors (Lipinski definition) is 0. The van der Waals surface area contributed by atoms with E-state index in [9.17, 15) is 14.0 Å². The minimum Gasteiger partial charge on any atom is -0.497 e. The van der Waals surface area contributed by atoms with Crippen LogP contribution in [0, 0.1) is 5.82 Å². The van der Waals surface area contributed by atoms with E-state index in [0.29, 0.717) is 44.2 Å². The average Bonchev–Trinajstić information content (AvgIpc) is 3.67. The van der Waals surface area contributed by atoms with Gasteiger partial charge in [0.05, 0.1) is 38.3 Å². The van der Waals surface area contributed by atoms with Crippen LogP contribution in [0.3, 0.4) is 0 Å². The predicted molar refractivity (Wildman–Crippen MR) is 142 cm³/mol. The molecule has 0 radical (unpaired) electrons. The molecule has 3 aromatic rings. The fourth-order valence-corrected chi connectivity index (χ4v) is 4.77. The average molecular weight is 535 g/mol. The summed E-state index contributed by atoms with van der Waals surface area (Å²) in [6, 6.07) is 16.4. The highest BCUT2D eigenvalue weighted by molar-refractivity contribution is 6.03. The van der Waals surface area contributed by atoms with Crippen LogP contribution in [-0.2, 0) is 9.53 Å². The number of ether oxygens (including phenoxy) is 2. The maximum Gasteiger partial charge on any atom is 0.290 e. The predicted octanol–water partition coefficient (Wildman–Crippen LogP) is 3.58. The van der Waals surface area contributed by atoms with E-state index in [1.165, 1.54) is 28.3 Å². The largest absolute Gasteiger partial charge is 0.497 e. The molecule has 2 aliphatic heterocycles. The lowest BCUT2D eigenvalue weighted by molar-refractivity contribution is -0.133. The Morgan fingerprint density at radius 2 is 1.82 bits per heavy atom. The molecule has 0 bridgehead atoms. The van der Waals surface area contributed by atoms with Gasteiger partial charge in [0.15, 0.2) is 5.76 Å². The summed E-state index contributed by atoms with van der Waals surface area (Å²) < 4.78 is 29.6. The van der Waals surface area contributed by atoms with Gasteiger partial charge in [0.1, 0.15) is 18.1 Å². The van der Waals surface area contributed by atoms with E-state index in [1.54, 1.807) is 31.4 Å². The second-order valence-corrected chi connectivity index (χ2v) is 9.44. The van der Waals surface area contributed by atoms with Crippen molar-refractivity contribution >= 4 is 17.5 Å². The molecule has 0 aliphatic carbocycles. The van der Waals surface area contributed by atoms with E-state index in [1.807, 2.05) is 24.3 Å². The van der Waals surface area contributed by atoms with Gasteiger partial charge in [-0.2, -0.15) is 5.10 Å². The standard InChI is InChI=1S/C29H31FN4O5/c1-37-24-10-6-22(7-11-24)26-19-25(21-4-8-23(30)9-5-21)31-34(26)28(35)20-33(29(36)27-3-2-16-39-27)13-12-32-14-17-38-18-15-32/h2-11,16,26H,12-15,17-20H2,1H3. The van der Waals surface area contributed by atoms with Crippen LogP contribution in [0.1, 0.15) is 34.1 Å². The number of methoxy groups -OCH3 is 1. The van der Waals surface area contributed by atoms with Crippen LogP contribution in [-0.4, -0.2) is 85.4 Å². The molecule has 5 rings (SSSR count). The molecule has 9 nitrogen and oxygen atoms in total. The summed E-state index contributed by atoms with van der Waals surface area (Å²) in [5.74, 6) is -0.148. The fraction of sp³-hybridized carbons (Fsp3) is 0.345. The van der Waals surface area contributed by atoms with Crippen LogP contribution < -0.4 is 4.74 Å². The normalized spacial score (nSPS) is 17.6. The van der Waals surface area contributed by atoms with E-state index in [4.69, 9.17) is 13.9 Å². The molecule has 3 heterocycles. The van der Waals surface area contributed by atoms with Crippen LogP contribution >= 0.6 is 0 Å². The van der Waals surface area contributed by atoms with Crippen molar-refractivity contribution in [1.82, 2.24) is 14.8 Å². The zero-order valence-corrected chi connectivity index (χ0v) is 21.8. The SMILES string of the molecule is COc1ccc(C2CC(c3ccc(F)cc3)=NN2C(=O)CN(CCN2CCOCC2)C(=O)c2ccco2)cc1. The van der Waals surface area contributed by atoms with Crippen LogP contribution in [0.15, 0.2) is 76.4 Å². The third kappa shape index (κ3) is 6.35. The van der Waals surface area contributed by atoms with Gasteiger partial charge in [0.25, 0.3) is 11.8 Å². The Morgan fingerprint density at radius 1 is 1.08 bits per heavy atom. The van der Waals surface area contributed by atoms with Gasteiger partial charge in [-0.1, -0.05) is 24.3 Å². The number of amides is 2. The van der Waals surface area contributed by atoms with Crippen LogP contribution in [0.5, 0.6) is 5.75 Å². The van der Waals surface area contributed by atoms with Gasteiger partial charge >= 0.3 is 0 Å². The molecule has 1 unspecified atom stereocenters. The minimum atomic E-state index is -0.386. The quantitative estimate of drug-likeness (QED) is 0.417. The lowest BCUT2D eigenvalue weighted by Crippen LogP contribution is -2.46. The summed E-state index contributed by atoms with van der Waals surface area (Å²) in [5.41, 5.74) is 2.28. The number of carbonyl (C=O) groups excluding carboxylic acids is 2. The Morgan fingerprint density at radius 3 is 2.49 bits per heavy atom. The zero-order valence-electron chi connectivity index (χ0n) is 21.8. The first-order valence-corrected chi connectivity index (χ1v) is 12.9. The molecule has 0 spiro atoms. The second-order valence-electron chi connectivity index (χ2n) is 9.44. The Kier molecular flexibility index (Phi) is 8.33. The first-order valence-electron chi connectivity index (χ1n) is 12.9. The smallest absolute Gasteiger partial charge is 0.290 e. The number of nitrogens with zero attached hydrogens (tertiary/aromatic N) is 4. The number of hydrogen-bond acceptors (Lipinski definition) is 7. The fourth-order valence-electron chi connectivity index (χ4n) is 4.77. The number of benzene rings is 2.